The normalized spacial score (nSPS) is 16.2. The van der Waals surface area contributed by atoms with Gasteiger partial charge in [0.2, 0.25) is 0 Å². The van der Waals surface area contributed by atoms with Crippen LogP contribution in [-0.4, -0.2) is 0 Å². The molecule has 10 heteroatoms. The summed E-state index contributed by atoms with van der Waals surface area (Å²) in [5.74, 6) is 0. The Bertz CT molecular complexity index is 71.6. The largest absolute Gasteiger partial charge is 1.00 e. The molecule has 0 aromatic rings. The van der Waals surface area contributed by atoms with Crippen molar-refractivity contribution in [1.29, 1.82) is 0 Å². The predicted octanol–water partition coefficient (Wildman–Crippen LogP) is -3.92. The summed E-state index contributed by atoms with van der Waals surface area (Å²) in [5, 5.41) is 0. The standard InChI is InChI=1S/6BrH.Ir.3Na/h6*1H;;;;/q;;;;;;+3;3*+1/p-6. The summed E-state index contributed by atoms with van der Waals surface area (Å²) in [6, 6.07) is 0. The first-order chi connectivity index (χ1) is 2.45. The maximum atomic E-state index is 3.35. The van der Waals surface area contributed by atoms with Gasteiger partial charge in [-0.2, -0.15) is 0 Å². The van der Waals surface area contributed by atoms with Crippen LogP contribution in [-0.2, 0) is 0.881 Å². The molecule has 0 amide bonds. The zero-order valence-corrected chi connectivity index (χ0v) is 23.5. The molecule has 0 saturated heterocycles. The van der Waals surface area contributed by atoms with Gasteiger partial charge in [0.05, 0.1) is 0 Å². The first-order valence-electron chi connectivity index (χ1n) is 0.756. The van der Waals surface area contributed by atoms with Crippen LogP contribution in [0.1, 0.15) is 0 Å². The van der Waals surface area contributed by atoms with Gasteiger partial charge < -0.3 is 0 Å². The van der Waals surface area contributed by atoms with E-state index in [1.807, 2.05) is 0 Å². The molecule has 0 bridgehead atoms. The molecular weight excluding hydrogens is 741 g/mol. The van der Waals surface area contributed by atoms with E-state index >= 15 is 0 Å². The number of hydrogen-bond acceptors (Lipinski definition) is 0. The van der Waals surface area contributed by atoms with Crippen molar-refractivity contribution in [2.75, 3.05) is 0 Å². The number of rotatable bonds is 0. The van der Waals surface area contributed by atoms with Crippen LogP contribution in [0.4, 0.5) is 0 Å². The van der Waals surface area contributed by atoms with Crippen molar-refractivity contribution in [3.05, 3.63) is 0 Å². The second-order valence-corrected chi connectivity index (χ2v) is 158. The summed E-state index contributed by atoms with van der Waals surface area (Å²) in [4.78, 5) is 0. The van der Waals surface area contributed by atoms with Crippen LogP contribution >= 0.6 is 81.0 Å². The quantitative estimate of drug-likeness (QED) is 0.223. The smallest absolute Gasteiger partial charge is 1.00 e. The minimum atomic E-state index is -3.29. The van der Waals surface area contributed by atoms with E-state index in [0.717, 1.165) is 0 Å². The molecular formula is Br6IrNa3. The molecule has 0 aliphatic carbocycles. The molecule has 0 aliphatic rings. The van der Waals surface area contributed by atoms with Crippen molar-refractivity contribution in [2.45, 2.75) is 0 Å². The molecule has 0 N–H and O–H groups in total. The molecule has 0 saturated carbocycles. The molecule has 0 rings (SSSR count). The van der Waals surface area contributed by atoms with Crippen LogP contribution in [0.2, 0.25) is 0 Å². The summed E-state index contributed by atoms with van der Waals surface area (Å²) in [6.07, 6.45) is 0. The minimum Gasteiger partial charge on any atom is 1.00 e. The molecule has 10 heavy (non-hydrogen) atoms. The van der Waals surface area contributed by atoms with Gasteiger partial charge in [-0.25, -0.2) is 0 Å². The summed E-state index contributed by atoms with van der Waals surface area (Å²) in [7, 11) is 0. The molecule has 0 aromatic heterocycles. The first-order valence-corrected chi connectivity index (χ1v) is 32.2. The molecule has 0 radical (unpaired) electrons. The molecule has 0 unspecified atom stereocenters. The van der Waals surface area contributed by atoms with Gasteiger partial charge in [-0.05, 0) is 0 Å². The zero-order chi connectivity index (χ0) is 6.41. The minimum absolute atomic E-state index is 0. The van der Waals surface area contributed by atoms with Crippen molar-refractivity contribution in [2.24, 2.45) is 0 Å². The maximum Gasteiger partial charge on any atom is 1.00 e. The van der Waals surface area contributed by atoms with Crippen molar-refractivity contribution in [1.82, 2.24) is 0 Å². The van der Waals surface area contributed by atoms with E-state index in [2.05, 4.69) is 81.0 Å². The Morgan fingerprint density at radius 3 is 0.500 bits per heavy atom. The average molecular weight is 741 g/mol. The Kier molecular flexibility index (Phi) is 18.0. The van der Waals surface area contributed by atoms with E-state index in [1.54, 1.807) is 0 Å². The second kappa shape index (κ2) is 7.07. The fourth-order valence-electron chi connectivity index (χ4n) is 0. The average Bonchev–Trinajstić information content (AvgIpc) is 0.592. The Morgan fingerprint density at radius 2 is 0.500 bits per heavy atom. The summed E-state index contributed by atoms with van der Waals surface area (Å²) < 4.78 is -3.29. The predicted molar refractivity (Wildman–Crippen MR) is 53.6 cm³/mol. The van der Waals surface area contributed by atoms with Gasteiger partial charge in [-0.15, -0.1) is 0 Å². The topological polar surface area (TPSA) is 0 Å². The van der Waals surface area contributed by atoms with Gasteiger partial charge in [0.15, 0.2) is 0 Å². The van der Waals surface area contributed by atoms with Gasteiger partial charge in [-0.3, -0.25) is 0 Å². The van der Waals surface area contributed by atoms with Gasteiger partial charge in [0.1, 0.15) is 0 Å². The van der Waals surface area contributed by atoms with E-state index in [4.69, 9.17) is 0 Å². The Morgan fingerprint density at radius 1 is 0.500 bits per heavy atom. The molecule has 54 valence electrons. The van der Waals surface area contributed by atoms with Gasteiger partial charge in [0.25, 0.3) is 0 Å². The molecule has 0 aromatic carbocycles. The maximum absolute atomic E-state index is 3.35. The van der Waals surface area contributed by atoms with Crippen molar-refractivity contribution in [3.8, 4) is 0 Å². The van der Waals surface area contributed by atoms with Gasteiger partial charge in [-0.1, -0.05) is 0 Å². The monoisotopic (exact) mass is 735 g/mol. The third kappa shape index (κ3) is 62.4. The molecule has 0 heterocycles. The fraction of sp³-hybridized carbons (Fsp3) is 0. The van der Waals surface area contributed by atoms with Crippen LogP contribution in [0.5, 0.6) is 0 Å². The van der Waals surface area contributed by atoms with Gasteiger partial charge >= 0.3 is 171 Å². The van der Waals surface area contributed by atoms with Crippen LogP contribution in [0, 0.1) is 0 Å². The third-order valence-corrected chi connectivity index (χ3v) is 0. The number of halogens is 6. The SMILES string of the molecule is [Br][Ir-3]([Br])([Br])([Br])([Br])[Br].[Na+].[Na+].[Na+]. The molecule has 0 nitrogen and oxygen atoms in total. The zero-order valence-electron chi connectivity index (χ0n) is 5.60. The second-order valence-electron chi connectivity index (χ2n) is 0.714. The van der Waals surface area contributed by atoms with Crippen LogP contribution in [0.15, 0.2) is 0 Å². The van der Waals surface area contributed by atoms with E-state index in [-0.39, 0.29) is 88.7 Å². The van der Waals surface area contributed by atoms with Crippen LogP contribution in [0.25, 0.3) is 0 Å². The molecule has 0 aliphatic heterocycles. The Hall–Kier alpha value is 6.53. The summed E-state index contributed by atoms with van der Waals surface area (Å²) in [5.41, 5.74) is 0. The summed E-state index contributed by atoms with van der Waals surface area (Å²) in [6.45, 7) is 0. The van der Waals surface area contributed by atoms with Crippen molar-refractivity contribution < 1.29 is 89.6 Å². The van der Waals surface area contributed by atoms with Crippen LogP contribution < -0.4 is 88.7 Å². The first kappa shape index (κ1) is 25.4. The number of hydrogen-bond donors (Lipinski definition) is 0. The van der Waals surface area contributed by atoms with Crippen molar-refractivity contribution >= 4 is 81.0 Å². The Balaban J connectivity index is -0.0000000600. The molecule has 0 atom stereocenters. The van der Waals surface area contributed by atoms with E-state index < -0.39 is 0.881 Å². The fourth-order valence-corrected chi connectivity index (χ4v) is 0. The van der Waals surface area contributed by atoms with E-state index in [9.17, 15) is 0 Å². The van der Waals surface area contributed by atoms with E-state index in [1.165, 1.54) is 0 Å². The van der Waals surface area contributed by atoms with Crippen molar-refractivity contribution in [3.63, 3.8) is 0 Å². The summed E-state index contributed by atoms with van der Waals surface area (Å²) >= 11 is 20.1. The molecule has 0 fully saturated rings. The van der Waals surface area contributed by atoms with Gasteiger partial charge in [0, 0.05) is 0 Å². The van der Waals surface area contributed by atoms with E-state index in [0.29, 0.717) is 0 Å². The third-order valence-electron chi connectivity index (χ3n) is 0. The van der Waals surface area contributed by atoms with Crippen LogP contribution in [0.3, 0.4) is 0 Å². The Labute approximate surface area is 165 Å². The molecule has 0 spiro atoms.